The highest BCUT2D eigenvalue weighted by molar-refractivity contribution is 6.31. The van der Waals surface area contributed by atoms with Crippen LogP contribution >= 0.6 is 11.6 Å². The van der Waals surface area contributed by atoms with Gasteiger partial charge in [0.2, 0.25) is 0 Å². The number of aliphatic hydroxyl groups excluding tert-OH is 1. The molecule has 0 bridgehead atoms. The van der Waals surface area contributed by atoms with Gasteiger partial charge in [-0.2, -0.15) is 0 Å². The number of aryl methyl sites for hydroxylation is 1. The highest BCUT2D eigenvalue weighted by Crippen LogP contribution is 2.23. The minimum atomic E-state index is -0.631. The third kappa shape index (κ3) is 3.09. The third-order valence-corrected chi connectivity index (χ3v) is 3.33. The number of halogens is 2. The predicted molar refractivity (Wildman–Crippen MR) is 71.3 cm³/mol. The van der Waals surface area contributed by atoms with Gasteiger partial charge in [0.15, 0.2) is 0 Å². The van der Waals surface area contributed by atoms with Crippen molar-refractivity contribution in [3.63, 3.8) is 0 Å². The van der Waals surface area contributed by atoms with Gasteiger partial charge in [0.25, 0.3) is 0 Å². The number of hydrogen-bond acceptors (Lipinski definition) is 1. The highest BCUT2D eigenvalue weighted by Gasteiger charge is 2.10. The van der Waals surface area contributed by atoms with Crippen LogP contribution in [0, 0.1) is 12.7 Å². The molecule has 3 heteroatoms. The zero-order valence-electron chi connectivity index (χ0n) is 10.0. The first kappa shape index (κ1) is 13.1. The van der Waals surface area contributed by atoms with E-state index in [2.05, 4.69) is 0 Å². The maximum absolute atomic E-state index is 12.8. The van der Waals surface area contributed by atoms with Gasteiger partial charge in [-0.1, -0.05) is 35.9 Å². The monoisotopic (exact) mass is 264 g/mol. The van der Waals surface area contributed by atoms with Gasteiger partial charge in [-0.3, -0.25) is 0 Å². The fourth-order valence-electron chi connectivity index (χ4n) is 1.78. The molecule has 1 unspecified atom stereocenters. The van der Waals surface area contributed by atoms with Crippen molar-refractivity contribution in [2.75, 3.05) is 0 Å². The number of hydrogen-bond donors (Lipinski definition) is 1. The minimum absolute atomic E-state index is 0.272. The van der Waals surface area contributed by atoms with Crippen molar-refractivity contribution in [2.45, 2.75) is 19.4 Å². The molecule has 0 radical (unpaired) electrons. The molecule has 2 rings (SSSR count). The second-order valence-electron chi connectivity index (χ2n) is 4.36. The van der Waals surface area contributed by atoms with E-state index in [0.29, 0.717) is 11.4 Å². The molecule has 0 fully saturated rings. The molecule has 0 amide bonds. The number of rotatable bonds is 3. The molecule has 0 aliphatic carbocycles. The van der Waals surface area contributed by atoms with Crippen LogP contribution in [0.4, 0.5) is 4.39 Å². The molecule has 94 valence electrons. The van der Waals surface area contributed by atoms with Crippen LogP contribution < -0.4 is 0 Å². The highest BCUT2D eigenvalue weighted by atomic mass is 35.5. The summed E-state index contributed by atoms with van der Waals surface area (Å²) in [6.07, 6.45) is -0.187. The minimum Gasteiger partial charge on any atom is -0.388 e. The van der Waals surface area contributed by atoms with Gasteiger partial charge in [-0.25, -0.2) is 4.39 Å². The molecule has 0 aromatic heterocycles. The summed E-state index contributed by atoms with van der Waals surface area (Å²) in [5, 5.41) is 10.8. The lowest BCUT2D eigenvalue weighted by molar-refractivity contribution is 0.178. The Bertz CT molecular complexity index is 537. The quantitative estimate of drug-likeness (QED) is 0.886. The zero-order chi connectivity index (χ0) is 13.1. The largest absolute Gasteiger partial charge is 0.388 e. The lowest BCUT2D eigenvalue weighted by atomic mass is 10.0. The summed E-state index contributed by atoms with van der Waals surface area (Å²) in [6.45, 7) is 1.92. The van der Waals surface area contributed by atoms with Crippen LogP contribution in [0.1, 0.15) is 22.8 Å². The summed E-state index contributed by atoms with van der Waals surface area (Å²) in [5.41, 5.74) is 2.64. The van der Waals surface area contributed by atoms with Gasteiger partial charge in [-0.15, -0.1) is 0 Å². The molecule has 18 heavy (non-hydrogen) atoms. The average Bonchev–Trinajstić information content (AvgIpc) is 2.35. The topological polar surface area (TPSA) is 20.2 Å². The van der Waals surface area contributed by atoms with Crippen LogP contribution in [0.3, 0.4) is 0 Å². The SMILES string of the molecule is Cc1ccc(C(O)Cc2ccc(F)cc2)cc1Cl. The van der Waals surface area contributed by atoms with E-state index in [1.54, 1.807) is 18.2 Å². The van der Waals surface area contributed by atoms with E-state index in [9.17, 15) is 9.50 Å². The predicted octanol–water partition coefficient (Wildman–Crippen LogP) is 4.06. The van der Waals surface area contributed by atoms with Crippen LogP contribution in [0.2, 0.25) is 5.02 Å². The third-order valence-electron chi connectivity index (χ3n) is 2.92. The molecular weight excluding hydrogens is 251 g/mol. The van der Waals surface area contributed by atoms with E-state index >= 15 is 0 Å². The first-order valence-corrected chi connectivity index (χ1v) is 6.12. The van der Waals surface area contributed by atoms with E-state index in [1.807, 2.05) is 19.1 Å². The van der Waals surface area contributed by atoms with Gasteiger partial charge in [-0.05, 0) is 41.8 Å². The smallest absolute Gasteiger partial charge is 0.123 e. The number of benzene rings is 2. The molecule has 0 spiro atoms. The van der Waals surface area contributed by atoms with Crippen molar-refractivity contribution in [1.82, 2.24) is 0 Å². The van der Waals surface area contributed by atoms with Crippen molar-refractivity contribution < 1.29 is 9.50 Å². The summed E-state index contributed by atoms with van der Waals surface area (Å²) in [5.74, 6) is -0.272. The zero-order valence-corrected chi connectivity index (χ0v) is 10.8. The van der Waals surface area contributed by atoms with Crippen molar-refractivity contribution in [1.29, 1.82) is 0 Å². The Hall–Kier alpha value is -1.38. The second kappa shape index (κ2) is 5.51. The summed E-state index contributed by atoms with van der Waals surface area (Å²) in [7, 11) is 0. The Balaban J connectivity index is 2.13. The maximum Gasteiger partial charge on any atom is 0.123 e. The summed E-state index contributed by atoms with van der Waals surface area (Å²) < 4.78 is 12.8. The van der Waals surface area contributed by atoms with Crippen LogP contribution in [-0.4, -0.2) is 5.11 Å². The van der Waals surface area contributed by atoms with Gasteiger partial charge < -0.3 is 5.11 Å². The lowest BCUT2D eigenvalue weighted by Crippen LogP contribution is -2.02. The molecule has 1 atom stereocenters. The lowest BCUT2D eigenvalue weighted by Gasteiger charge is -2.12. The summed E-state index contributed by atoms with van der Waals surface area (Å²) in [6, 6.07) is 11.6. The van der Waals surface area contributed by atoms with E-state index in [0.717, 1.165) is 16.7 Å². The van der Waals surface area contributed by atoms with Crippen LogP contribution in [-0.2, 0) is 6.42 Å². The molecule has 0 aliphatic rings. The molecule has 0 saturated heterocycles. The molecule has 1 N–H and O–H groups in total. The molecule has 2 aromatic rings. The first-order valence-electron chi connectivity index (χ1n) is 5.75. The second-order valence-corrected chi connectivity index (χ2v) is 4.76. The Kier molecular flexibility index (Phi) is 4.00. The standard InChI is InChI=1S/C15H14ClFO/c1-10-2-5-12(9-14(10)16)15(18)8-11-3-6-13(17)7-4-11/h2-7,9,15,18H,8H2,1H3. The average molecular weight is 265 g/mol. The van der Waals surface area contributed by atoms with E-state index in [4.69, 9.17) is 11.6 Å². The van der Waals surface area contributed by atoms with Crippen molar-refractivity contribution in [3.8, 4) is 0 Å². The molecular formula is C15H14ClFO. The van der Waals surface area contributed by atoms with E-state index < -0.39 is 6.10 Å². The van der Waals surface area contributed by atoms with E-state index in [-0.39, 0.29) is 5.82 Å². The fourth-order valence-corrected chi connectivity index (χ4v) is 1.97. The Morgan fingerprint density at radius 3 is 2.44 bits per heavy atom. The fraction of sp³-hybridized carbons (Fsp3) is 0.200. The Labute approximate surface area is 111 Å². The van der Waals surface area contributed by atoms with Gasteiger partial charge in [0, 0.05) is 11.4 Å². The van der Waals surface area contributed by atoms with Gasteiger partial charge in [0.05, 0.1) is 6.10 Å². The summed E-state index contributed by atoms with van der Waals surface area (Å²) in [4.78, 5) is 0. The van der Waals surface area contributed by atoms with Crippen LogP contribution in [0.5, 0.6) is 0 Å². The van der Waals surface area contributed by atoms with E-state index in [1.165, 1.54) is 12.1 Å². The number of aliphatic hydroxyl groups is 1. The van der Waals surface area contributed by atoms with Crippen molar-refractivity contribution >= 4 is 11.6 Å². The van der Waals surface area contributed by atoms with Crippen LogP contribution in [0.15, 0.2) is 42.5 Å². The van der Waals surface area contributed by atoms with Crippen molar-refractivity contribution in [2.24, 2.45) is 0 Å². The molecule has 2 aromatic carbocycles. The van der Waals surface area contributed by atoms with Gasteiger partial charge in [0.1, 0.15) is 5.82 Å². The van der Waals surface area contributed by atoms with Crippen LogP contribution in [0.25, 0.3) is 0 Å². The summed E-state index contributed by atoms with van der Waals surface area (Å²) >= 11 is 6.02. The molecule has 0 aliphatic heterocycles. The van der Waals surface area contributed by atoms with Gasteiger partial charge >= 0.3 is 0 Å². The molecule has 0 heterocycles. The normalized spacial score (nSPS) is 12.4. The molecule has 1 nitrogen and oxygen atoms in total. The maximum atomic E-state index is 12.8. The first-order chi connectivity index (χ1) is 8.56. The Morgan fingerprint density at radius 2 is 1.83 bits per heavy atom. The Morgan fingerprint density at radius 1 is 1.17 bits per heavy atom. The van der Waals surface area contributed by atoms with Crippen molar-refractivity contribution in [3.05, 3.63) is 70.0 Å². The molecule has 0 saturated carbocycles.